The van der Waals surface area contributed by atoms with Gasteiger partial charge in [0.25, 0.3) is 16.8 Å². The fourth-order valence-electron chi connectivity index (χ4n) is 2.77. The third-order valence-electron chi connectivity index (χ3n) is 4.04. The number of thioether (sulfide) groups is 1. The van der Waals surface area contributed by atoms with Gasteiger partial charge >= 0.3 is 5.97 Å². The lowest BCUT2D eigenvalue weighted by atomic mass is 10.1. The summed E-state index contributed by atoms with van der Waals surface area (Å²) < 4.78 is 10.6. The predicted molar refractivity (Wildman–Crippen MR) is 109 cm³/mol. The molecule has 9 nitrogen and oxygen atoms in total. The number of hydrogen-bond donors (Lipinski definition) is 0. The summed E-state index contributed by atoms with van der Waals surface area (Å²) in [5, 5.41) is 10.7. The zero-order valence-electron chi connectivity index (χ0n) is 16.4. The van der Waals surface area contributed by atoms with Crippen LogP contribution in [0.25, 0.3) is 17.4 Å². The number of esters is 1. The zero-order chi connectivity index (χ0) is 22.0. The number of nitrogens with zero attached hydrogens (tertiary/aromatic N) is 2. The van der Waals surface area contributed by atoms with Crippen molar-refractivity contribution in [3.63, 3.8) is 0 Å². The van der Waals surface area contributed by atoms with Crippen LogP contribution in [0.15, 0.2) is 39.7 Å². The quantitative estimate of drug-likeness (QED) is 0.290. The Kier molecular flexibility index (Phi) is 6.06. The van der Waals surface area contributed by atoms with E-state index in [0.29, 0.717) is 17.3 Å². The average molecular weight is 430 g/mol. The van der Waals surface area contributed by atoms with Crippen LogP contribution in [0.5, 0.6) is 0 Å². The van der Waals surface area contributed by atoms with Gasteiger partial charge in [0.2, 0.25) is 0 Å². The van der Waals surface area contributed by atoms with Gasteiger partial charge in [-0.05, 0) is 56.3 Å². The van der Waals surface area contributed by atoms with Gasteiger partial charge < -0.3 is 9.15 Å². The van der Waals surface area contributed by atoms with E-state index in [-0.39, 0.29) is 28.2 Å². The van der Waals surface area contributed by atoms with Crippen molar-refractivity contribution < 1.29 is 28.5 Å². The van der Waals surface area contributed by atoms with E-state index in [9.17, 15) is 24.5 Å². The Balaban J connectivity index is 1.82. The first-order valence-electron chi connectivity index (χ1n) is 8.96. The van der Waals surface area contributed by atoms with Crippen LogP contribution < -0.4 is 0 Å². The van der Waals surface area contributed by atoms with Gasteiger partial charge in [0.15, 0.2) is 0 Å². The molecule has 30 heavy (non-hydrogen) atoms. The molecule has 0 aliphatic carbocycles. The standard InChI is InChI=1S/C20H18N2O7S/c1-11(2)28-18(23)10-21-19(24)17(30-20(21)25)9-13-5-7-16(29-13)14-6-4-12(3)8-15(14)22(26)27/h4-9,11H,10H2,1-3H3/b17-9-. The van der Waals surface area contributed by atoms with Crippen molar-refractivity contribution in [2.45, 2.75) is 26.9 Å². The molecule has 156 valence electrons. The second kappa shape index (κ2) is 8.54. The number of aryl methyl sites for hydroxylation is 1. The molecule has 0 N–H and O–H groups in total. The van der Waals surface area contributed by atoms with Crippen molar-refractivity contribution in [2.75, 3.05) is 6.54 Å². The second-order valence-electron chi connectivity index (χ2n) is 6.79. The molecule has 0 bridgehead atoms. The normalized spacial score (nSPS) is 15.3. The van der Waals surface area contributed by atoms with Crippen LogP contribution >= 0.6 is 11.8 Å². The van der Waals surface area contributed by atoms with Crippen LogP contribution in [0.2, 0.25) is 0 Å². The molecular formula is C20H18N2O7S. The maximum Gasteiger partial charge on any atom is 0.326 e. The zero-order valence-corrected chi connectivity index (χ0v) is 17.2. The highest BCUT2D eigenvalue weighted by atomic mass is 32.2. The summed E-state index contributed by atoms with van der Waals surface area (Å²) in [4.78, 5) is 48.1. The molecule has 10 heteroatoms. The van der Waals surface area contributed by atoms with Crippen molar-refractivity contribution in [1.82, 2.24) is 4.90 Å². The first kappa shape index (κ1) is 21.3. The molecule has 1 saturated heterocycles. The van der Waals surface area contributed by atoms with Gasteiger partial charge in [-0.3, -0.25) is 29.4 Å². The Morgan fingerprint density at radius 2 is 2.03 bits per heavy atom. The van der Waals surface area contributed by atoms with E-state index in [1.54, 1.807) is 45.0 Å². The van der Waals surface area contributed by atoms with Crippen LogP contribution in [0, 0.1) is 17.0 Å². The van der Waals surface area contributed by atoms with Crippen LogP contribution in [0.3, 0.4) is 0 Å². The summed E-state index contributed by atoms with van der Waals surface area (Å²) >= 11 is 0.675. The molecule has 2 aromatic rings. The second-order valence-corrected chi connectivity index (χ2v) is 7.78. The maximum absolute atomic E-state index is 12.5. The number of carbonyl (C=O) groups excluding carboxylic acids is 3. The van der Waals surface area contributed by atoms with E-state index in [1.807, 2.05) is 0 Å². The number of benzene rings is 1. The highest BCUT2D eigenvalue weighted by Gasteiger charge is 2.37. The number of nitro benzene ring substituents is 1. The SMILES string of the molecule is Cc1ccc(-c2ccc(/C=C3\SC(=O)N(CC(=O)OC(C)C)C3=O)o2)c([N+](=O)[O-])c1. The van der Waals surface area contributed by atoms with Crippen LogP contribution in [-0.4, -0.2) is 39.6 Å². The number of ether oxygens (including phenoxy) is 1. The van der Waals surface area contributed by atoms with Gasteiger partial charge in [0, 0.05) is 12.1 Å². The van der Waals surface area contributed by atoms with Gasteiger partial charge in [0.1, 0.15) is 18.1 Å². The van der Waals surface area contributed by atoms with Crippen LogP contribution in [0.4, 0.5) is 10.5 Å². The molecule has 1 aliphatic rings. The number of nitro groups is 1. The summed E-state index contributed by atoms with van der Waals surface area (Å²) in [5.74, 6) is -0.812. The number of hydrogen-bond acceptors (Lipinski definition) is 8. The molecule has 1 aliphatic heterocycles. The third-order valence-corrected chi connectivity index (χ3v) is 4.95. The third kappa shape index (κ3) is 4.60. The number of rotatable bonds is 6. The van der Waals surface area contributed by atoms with Crippen LogP contribution in [0.1, 0.15) is 25.2 Å². The molecule has 2 amide bonds. The minimum absolute atomic E-state index is 0.0802. The van der Waals surface area contributed by atoms with Crippen molar-refractivity contribution in [1.29, 1.82) is 0 Å². The number of amides is 2. The topological polar surface area (TPSA) is 120 Å². The molecule has 1 fully saturated rings. The van der Waals surface area contributed by atoms with E-state index in [0.717, 1.165) is 10.5 Å². The highest BCUT2D eigenvalue weighted by molar-refractivity contribution is 8.18. The van der Waals surface area contributed by atoms with Gasteiger partial charge in [-0.1, -0.05) is 6.07 Å². The first-order chi connectivity index (χ1) is 14.2. The van der Waals surface area contributed by atoms with Gasteiger partial charge in [-0.25, -0.2) is 0 Å². The summed E-state index contributed by atoms with van der Waals surface area (Å²) in [5.41, 5.74) is 0.941. The van der Waals surface area contributed by atoms with E-state index in [2.05, 4.69) is 0 Å². The van der Waals surface area contributed by atoms with Crippen molar-refractivity contribution >= 4 is 40.6 Å². The Labute approximate surface area is 175 Å². The monoisotopic (exact) mass is 430 g/mol. The van der Waals surface area contributed by atoms with E-state index in [1.165, 1.54) is 12.1 Å². The lowest BCUT2D eigenvalue weighted by molar-refractivity contribution is -0.384. The number of imide groups is 1. The van der Waals surface area contributed by atoms with Crippen molar-refractivity contribution in [3.8, 4) is 11.3 Å². The fourth-order valence-corrected chi connectivity index (χ4v) is 3.59. The van der Waals surface area contributed by atoms with E-state index in [4.69, 9.17) is 9.15 Å². The minimum atomic E-state index is -0.680. The maximum atomic E-state index is 12.5. The molecule has 3 rings (SSSR count). The van der Waals surface area contributed by atoms with Crippen molar-refractivity contribution in [3.05, 3.63) is 56.7 Å². The first-order valence-corrected chi connectivity index (χ1v) is 9.77. The summed E-state index contributed by atoms with van der Waals surface area (Å²) in [6.45, 7) is 4.60. The molecule has 0 saturated carbocycles. The molecule has 0 spiro atoms. The average Bonchev–Trinajstić information content (AvgIpc) is 3.21. The van der Waals surface area contributed by atoms with Crippen molar-refractivity contribution in [2.24, 2.45) is 0 Å². The largest absolute Gasteiger partial charge is 0.462 e. The van der Waals surface area contributed by atoms with E-state index < -0.39 is 28.6 Å². The lowest BCUT2D eigenvalue weighted by Crippen LogP contribution is -2.35. The molecule has 0 unspecified atom stereocenters. The summed E-state index contributed by atoms with van der Waals surface area (Å²) in [7, 11) is 0. The molecule has 0 atom stereocenters. The molecule has 2 heterocycles. The molecular weight excluding hydrogens is 412 g/mol. The summed E-state index contributed by atoms with van der Waals surface area (Å²) in [6, 6.07) is 7.85. The Morgan fingerprint density at radius 3 is 2.70 bits per heavy atom. The predicted octanol–water partition coefficient (Wildman–Crippen LogP) is 4.15. The summed E-state index contributed by atoms with van der Waals surface area (Å²) in [6.07, 6.45) is 1.00. The minimum Gasteiger partial charge on any atom is -0.462 e. The fraction of sp³-hybridized carbons (Fsp3) is 0.250. The Morgan fingerprint density at radius 1 is 1.30 bits per heavy atom. The smallest absolute Gasteiger partial charge is 0.326 e. The number of carbonyl (C=O) groups is 3. The molecule has 1 aromatic carbocycles. The van der Waals surface area contributed by atoms with Gasteiger partial charge in [-0.15, -0.1) is 0 Å². The highest BCUT2D eigenvalue weighted by Crippen LogP contribution is 2.35. The molecule has 1 aromatic heterocycles. The van der Waals surface area contributed by atoms with E-state index >= 15 is 0 Å². The Hall–Kier alpha value is -3.40. The Bertz CT molecular complexity index is 1070. The lowest BCUT2D eigenvalue weighted by Gasteiger charge is -2.13. The molecule has 0 radical (unpaired) electrons. The number of furan rings is 1. The van der Waals surface area contributed by atoms with Crippen LogP contribution in [-0.2, 0) is 14.3 Å². The van der Waals surface area contributed by atoms with Gasteiger partial charge in [-0.2, -0.15) is 0 Å². The van der Waals surface area contributed by atoms with Gasteiger partial charge in [0.05, 0.1) is 21.5 Å².